The zero-order valence-electron chi connectivity index (χ0n) is 20.2. The minimum absolute atomic E-state index is 0. The topological polar surface area (TPSA) is 62.3 Å². The van der Waals surface area contributed by atoms with Crippen molar-refractivity contribution in [2.45, 2.75) is 44.6 Å². The molecule has 1 fully saturated rings. The van der Waals surface area contributed by atoms with Gasteiger partial charge in [0.25, 0.3) is 0 Å². The van der Waals surface area contributed by atoms with Crippen LogP contribution in [-0.4, -0.2) is 43.0 Å². The van der Waals surface area contributed by atoms with Crippen LogP contribution < -0.4 is 20.3 Å². The molecule has 0 bridgehead atoms. The van der Waals surface area contributed by atoms with Crippen molar-refractivity contribution in [2.24, 2.45) is 5.92 Å². The maximum absolute atomic E-state index is 12.6. The van der Waals surface area contributed by atoms with Crippen LogP contribution in [0.15, 0.2) is 48.5 Å². The zero-order chi connectivity index (χ0) is 24.1. The molecule has 2 N–H and O–H groups in total. The van der Waals surface area contributed by atoms with Gasteiger partial charge in [0.15, 0.2) is 0 Å². The molecule has 0 saturated heterocycles. The molecule has 1 aliphatic rings. The van der Waals surface area contributed by atoms with Gasteiger partial charge in [0.1, 0.15) is 11.6 Å². The van der Waals surface area contributed by atoms with E-state index >= 15 is 0 Å². The van der Waals surface area contributed by atoms with Crippen LogP contribution in [0.2, 0.25) is 0 Å². The average Bonchev–Trinajstić information content (AvgIpc) is 2.80. The standard InChI is InChI=1S/C25H30F3N5O.2ClH/c1-33(2)23-20-8-4-5-9-21(20)31-24(32-23)30-19-13-11-17(12-14-19)15-29-16-18-7-3-6-10-22(18)34-25(26,27)28;;/h3-10,17,19,29H,11-16H2,1-2H3,(H,30,31,32);2*1H. The number of hydrogen-bond acceptors (Lipinski definition) is 6. The molecule has 0 amide bonds. The number of halogens is 5. The van der Waals surface area contributed by atoms with Gasteiger partial charge in [-0.3, -0.25) is 0 Å². The summed E-state index contributed by atoms with van der Waals surface area (Å²) in [6.07, 6.45) is -0.649. The van der Waals surface area contributed by atoms with Gasteiger partial charge < -0.3 is 20.3 Å². The highest BCUT2D eigenvalue weighted by molar-refractivity contribution is 5.90. The average molecular weight is 546 g/mol. The summed E-state index contributed by atoms with van der Waals surface area (Å²) in [5.74, 6) is 1.86. The number of nitrogens with zero attached hydrogens (tertiary/aromatic N) is 3. The molecule has 0 radical (unpaired) electrons. The Kier molecular flexibility index (Phi) is 10.9. The number of rotatable bonds is 8. The number of hydrogen-bond donors (Lipinski definition) is 2. The Morgan fingerprint density at radius 3 is 2.31 bits per heavy atom. The van der Waals surface area contributed by atoms with Crippen LogP contribution in [0, 0.1) is 5.92 Å². The van der Waals surface area contributed by atoms with Gasteiger partial charge in [0.2, 0.25) is 5.95 Å². The zero-order valence-corrected chi connectivity index (χ0v) is 21.8. The number of aromatic nitrogens is 2. The Bertz CT molecular complexity index is 1110. The smallest absolute Gasteiger partial charge is 0.405 e. The number of benzene rings is 2. The van der Waals surface area contributed by atoms with E-state index in [1.54, 1.807) is 18.2 Å². The van der Waals surface area contributed by atoms with Gasteiger partial charge in [-0.1, -0.05) is 30.3 Å². The van der Waals surface area contributed by atoms with E-state index < -0.39 is 6.36 Å². The van der Waals surface area contributed by atoms with Crippen molar-refractivity contribution < 1.29 is 17.9 Å². The van der Waals surface area contributed by atoms with Gasteiger partial charge in [-0.05, 0) is 56.3 Å². The molecule has 6 nitrogen and oxygen atoms in total. The van der Waals surface area contributed by atoms with E-state index in [0.29, 0.717) is 30.0 Å². The van der Waals surface area contributed by atoms with Crippen LogP contribution in [0.25, 0.3) is 10.9 Å². The predicted molar refractivity (Wildman–Crippen MR) is 143 cm³/mol. The van der Waals surface area contributed by atoms with Crippen molar-refractivity contribution >= 4 is 47.5 Å². The van der Waals surface area contributed by atoms with E-state index in [0.717, 1.165) is 48.9 Å². The van der Waals surface area contributed by atoms with Crippen LogP contribution in [0.1, 0.15) is 31.2 Å². The second-order valence-corrected chi connectivity index (χ2v) is 8.93. The second-order valence-electron chi connectivity index (χ2n) is 8.93. The quantitative estimate of drug-likeness (QED) is 0.351. The minimum Gasteiger partial charge on any atom is -0.405 e. The first-order chi connectivity index (χ1) is 16.3. The van der Waals surface area contributed by atoms with Gasteiger partial charge in [-0.2, -0.15) is 4.98 Å². The highest BCUT2D eigenvalue weighted by Crippen LogP contribution is 2.29. The molecule has 2 aromatic carbocycles. The number of alkyl halides is 3. The molecule has 1 aliphatic carbocycles. The molecule has 0 aliphatic heterocycles. The van der Waals surface area contributed by atoms with E-state index in [1.165, 1.54) is 6.07 Å². The normalized spacial score (nSPS) is 17.6. The van der Waals surface area contributed by atoms with Crippen LogP contribution in [-0.2, 0) is 6.54 Å². The third kappa shape index (κ3) is 8.01. The summed E-state index contributed by atoms with van der Waals surface area (Å²) in [6.45, 7) is 1.09. The minimum atomic E-state index is -4.69. The molecule has 3 aromatic rings. The summed E-state index contributed by atoms with van der Waals surface area (Å²) in [5, 5.41) is 7.83. The molecule has 1 aromatic heterocycles. The fraction of sp³-hybridized carbons (Fsp3) is 0.440. The highest BCUT2D eigenvalue weighted by Gasteiger charge is 2.32. The van der Waals surface area contributed by atoms with Crippen molar-refractivity contribution in [1.29, 1.82) is 0 Å². The number of fused-ring (bicyclic) bond motifs is 1. The lowest BCUT2D eigenvalue weighted by molar-refractivity contribution is -0.274. The van der Waals surface area contributed by atoms with Gasteiger partial charge in [-0.15, -0.1) is 38.0 Å². The Labute approximate surface area is 221 Å². The fourth-order valence-corrected chi connectivity index (χ4v) is 4.44. The number of anilines is 2. The van der Waals surface area contributed by atoms with Gasteiger partial charge in [0.05, 0.1) is 5.52 Å². The molecule has 0 unspecified atom stereocenters. The van der Waals surface area contributed by atoms with Crippen molar-refractivity contribution in [3.05, 3.63) is 54.1 Å². The first kappa shape index (κ1) is 29.7. The highest BCUT2D eigenvalue weighted by atomic mass is 35.5. The van der Waals surface area contributed by atoms with Crippen LogP contribution in [0.4, 0.5) is 24.9 Å². The van der Waals surface area contributed by atoms with Crippen LogP contribution >= 0.6 is 24.8 Å². The lowest BCUT2D eigenvalue weighted by Gasteiger charge is -2.29. The molecule has 198 valence electrons. The fourth-order valence-electron chi connectivity index (χ4n) is 4.44. The maximum atomic E-state index is 12.6. The summed E-state index contributed by atoms with van der Waals surface area (Å²) in [7, 11) is 3.95. The summed E-state index contributed by atoms with van der Waals surface area (Å²) in [4.78, 5) is 11.4. The molecule has 0 spiro atoms. The Balaban J connectivity index is 0.00000228. The summed E-state index contributed by atoms with van der Waals surface area (Å²) in [5.41, 5.74) is 1.41. The van der Waals surface area contributed by atoms with E-state index in [9.17, 15) is 13.2 Å². The number of ether oxygens (including phenoxy) is 1. The molecule has 11 heteroatoms. The summed E-state index contributed by atoms with van der Waals surface area (Å²) < 4.78 is 42.0. The van der Waals surface area contributed by atoms with Gasteiger partial charge >= 0.3 is 6.36 Å². The predicted octanol–water partition coefficient (Wildman–Crippen LogP) is 6.20. The van der Waals surface area contributed by atoms with E-state index in [2.05, 4.69) is 15.4 Å². The third-order valence-corrected chi connectivity index (χ3v) is 6.13. The molecular formula is C25H32Cl2F3N5O. The van der Waals surface area contributed by atoms with Crippen LogP contribution in [0.3, 0.4) is 0 Å². The largest absolute Gasteiger partial charge is 0.573 e. The first-order valence-corrected chi connectivity index (χ1v) is 11.5. The second kappa shape index (κ2) is 13.2. The molecule has 1 saturated carbocycles. The Hall–Kier alpha value is -2.49. The van der Waals surface area contributed by atoms with Gasteiger partial charge in [0, 0.05) is 37.6 Å². The van der Waals surface area contributed by atoms with E-state index in [-0.39, 0.29) is 30.6 Å². The van der Waals surface area contributed by atoms with E-state index in [4.69, 9.17) is 9.97 Å². The molecule has 0 atom stereocenters. The monoisotopic (exact) mass is 545 g/mol. The van der Waals surface area contributed by atoms with Crippen molar-refractivity contribution in [1.82, 2.24) is 15.3 Å². The maximum Gasteiger partial charge on any atom is 0.573 e. The molecule has 1 heterocycles. The SMILES string of the molecule is CN(C)c1nc(NC2CCC(CNCc3ccccc3OC(F)(F)F)CC2)nc2ccccc12.Cl.Cl. The molecule has 36 heavy (non-hydrogen) atoms. The lowest BCUT2D eigenvalue weighted by Crippen LogP contribution is -2.32. The third-order valence-electron chi connectivity index (χ3n) is 6.13. The Morgan fingerprint density at radius 2 is 1.61 bits per heavy atom. The Morgan fingerprint density at radius 1 is 0.944 bits per heavy atom. The van der Waals surface area contributed by atoms with Gasteiger partial charge in [-0.25, -0.2) is 4.98 Å². The molecule has 4 rings (SSSR count). The first-order valence-electron chi connectivity index (χ1n) is 11.5. The van der Waals surface area contributed by atoms with Crippen LogP contribution in [0.5, 0.6) is 5.75 Å². The lowest BCUT2D eigenvalue weighted by atomic mass is 9.86. The summed E-state index contributed by atoms with van der Waals surface area (Å²) >= 11 is 0. The molecular weight excluding hydrogens is 514 g/mol. The van der Waals surface area contributed by atoms with E-state index in [1.807, 2.05) is 43.3 Å². The summed E-state index contributed by atoms with van der Waals surface area (Å²) in [6, 6.07) is 14.5. The van der Waals surface area contributed by atoms with Crippen molar-refractivity contribution in [2.75, 3.05) is 30.9 Å². The van der Waals surface area contributed by atoms with Crippen molar-refractivity contribution in [3.8, 4) is 5.75 Å². The number of para-hydroxylation sites is 2. The number of nitrogens with one attached hydrogen (secondary N) is 2. The van der Waals surface area contributed by atoms with Crippen molar-refractivity contribution in [3.63, 3.8) is 0 Å².